The fraction of sp³-hybridized carbons (Fsp3) is 0.381. The van der Waals surface area contributed by atoms with E-state index in [-0.39, 0.29) is 5.41 Å². The summed E-state index contributed by atoms with van der Waals surface area (Å²) in [5, 5.41) is 3.29. The zero-order chi connectivity index (χ0) is 20.9. The lowest BCUT2D eigenvalue weighted by Crippen LogP contribution is -2.21. The highest BCUT2D eigenvalue weighted by Crippen LogP contribution is 2.23. The molecule has 2 N–H and O–H groups in total. The van der Waals surface area contributed by atoms with E-state index in [1.165, 1.54) is 11.1 Å². The minimum atomic E-state index is -3.27. The van der Waals surface area contributed by atoms with Gasteiger partial charge in [0.05, 0.1) is 16.9 Å². The van der Waals surface area contributed by atoms with Crippen LogP contribution in [0.25, 0.3) is 0 Å². The van der Waals surface area contributed by atoms with Gasteiger partial charge in [-0.3, -0.25) is 4.72 Å². The Kier molecular flexibility index (Phi) is 7.87. The molecule has 7 heteroatoms. The Morgan fingerprint density at radius 1 is 1.07 bits per heavy atom. The van der Waals surface area contributed by atoms with Crippen molar-refractivity contribution in [2.45, 2.75) is 45.6 Å². The SMILES string of the molecule is CC(C)(C)c1ccc(CCC(=S)NCc2ccc(NS(C)(=O)=O)c(I)c2)cc1. The molecule has 0 aliphatic heterocycles. The van der Waals surface area contributed by atoms with Crippen LogP contribution in [-0.2, 0) is 28.4 Å². The van der Waals surface area contributed by atoms with Gasteiger partial charge < -0.3 is 5.32 Å². The average Bonchev–Trinajstić information content (AvgIpc) is 2.59. The van der Waals surface area contributed by atoms with Crippen molar-refractivity contribution in [3.05, 3.63) is 62.7 Å². The second-order valence-corrected chi connectivity index (χ2v) is 11.3. The van der Waals surface area contributed by atoms with Gasteiger partial charge in [-0.1, -0.05) is 63.3 Å². The van der Waals surface area contributed by atoms with Gasteiger partial charge in [-0.05, 0) is 63.2 Å². The second-order valence-electron chi connectivity index (χ2n) is 7.91. The molecule has 28 heavy (non-hydrogen) atoms. The van der Waals surface area contributed by atoms with Crippen LogP contribution in [0.5, 0.6) is 0 Å². The summed E-state index contributed by atoms with van der Waals surface area (Å²) in [6.45, 7) is 7.26. The van der Waals surface area contributed by atoms with E-state index in [4.69, 9.17) is 12.2 Å². The summed E-state index contributed by atoms with van der Waals surface area (Å²) in [7, 11) is -3.27. The number of sulfonamides is 1. The number of benzene rings is 2. The zero-order valence-electron chi connectivity index (χ0n) is 16.7. The highest BCUT2D eigenvalue weighted by atomic mass is 127. The summed E-state index contributed by atoms with van der Waals surface area (Å²) in [5.74, 6) is 0. The van der Waals surface area contributed by atoms with Crippen molar-refractivity contribution in [3.63, 3.8) is 0 Å². The van der Waals surface area contributed by atoms with Gasteiger partial charge in [-0.15, -0.1) is 0 Å². The Bertz CT molecular complexity index is 934. The smallest absolute Gasteiger partial charge is 0.229 e. The molecular weight excluding hydrogens is 503 g/mol. The molecule has 0 heterocycles. The van der Waals surface area contributed by atoms with Gasteiger partial charge in [0.2, 0.25) is 10.0 Å². The number of anilines is 1. The van der Waals surface area contributed by atoms with Crippen molar-refractivity contribution >= 4 is 55.5 Å². The van der Waals surface area contributed by atoms with Crippen LogP contribution in [0, 0.1) is 3.57 Å². The fourth-order valence-electron chi connectivity index (χ4n) is 2.67. The largest absolute Gasteiger partial charge is 0.376 e. The fourth-order valence-corrected chi connectivity index (χ4v) is 4.32. The number of thiocarbonyl (C=S) groups is 1. The third-order valence-electron chi connectivity index (χ3n) is 4.28. The molecule has 0 aromatic heterocycles. The number of hydrogen-bond donors (Lipinski definition) is 2. The highest BCUT2D eigenvalue weighted by molar-refractivity contribution is 14.1. The highest BCUT2D eigenvalue weighted by Gasteiger charge is 2.13. The number of nitrogens with one attached hydrogen (secondary N) is 2. The number of halogens is 1. The maximum absolute atomic E-state index is 11.4. The van der Waals surface area contributed by atoms with Crippen LogP contribution < -0.4 is 10.0 Å². The standard InChI is InChI=1S/C21H27IN2O2S2/c1-21(2,3)17-9-5-15(6-10-17)8-12-20(27)23-14-16-7-11-19(18(22)13-16)24-28(4,25)26/h5-7,9-11,13,24H,8,12,14H2,1-4H3,(H,23,27). The summed E-state index contributed by atoms with van der Waals surface area (Å²) >= 11 is 7.59. The van der Waals surface area contributed by atoms with Crippen LogP contribution in [0.4, 0.5) is 5.69 Å². The van der Waals surface area contributed by atoms with Crippen LogP contribution in [0.3, 0.4) is 0 Å². The molecule has 152 valence electrons. The summed E-state index contributed by atoms with van der Waals surface area (Å²) in [6, 6.07) is 14.4. The van der Waals surface area contributed by atoms with E-state index >= 15 is 0 Å². The quantitative estimate of drug-likeness (QED) is 0.391. The average molecular weight is 530 g/mol. The van der Waals surface area contributed by atoms with E-state index in [0.29, 0.717) is 12.2 Å². The van der Waals surface area contributed by atoms with Gasteiger partial charge in [0, 0.05) is 16.5 Å². The topological polar surface area (TPSA) is 58.2 Å². The Labute approximate surface area is 187 Å². The number of aryl methyl sites for hydroxylation is 1. The molecule has 0 amide bonds. The van der Waals surface area contributed by atoms with E-state index in [9.17, 15) is 8.42 Å². The third kappa shape index (κ3) is 7.67. The first-order chi connectivity index (χ1) is 12.9. The molecule has 0 aliphatic rings. The molecule has 2 aromatic rings. The molecule has 0 atom stereocenters. The third-order valence-corrected chi connectivity index (χ3v) is 6.11. The normalized spacial score (nSPS) is 11.9. The van der Waals surface area contributed by atoms with Crippen molar-refractivity contribution < 1.29 is 8.42 Å². The second kappa shape index (κ2) is 9.54. The molecule has 0 bridgehead atoms. The lowest BCUT2D eigenvalue weighted by molar-refractivity contribution is 0.590. The van der Waals surface area contributed by atoms with Crippen molar-refractivity contribution in [1.29, 1.82) is 0 Å². The first-order valence-electron chi connectivity index (χ1n) is 9.06. The lowest BCUT2D eigenvalue weighted by Gasteiger charge is -2.19. The molecule has 0 saturated heterocycles. The maximum Gasteiger partial charge on any atom is 0.229 e. The van der Waals surface area contributed by atoms with Crippen molar-refractivity contribution in [3.8, 4) is 0 Å². The zero-order valence-corrected chi connectivity index (χ0v) is 20.5. The van der Waals surface area contributed by atoms with Gasteiger partial charge >= 0.3 is 0 Å². The van der Waals surface area contributed by atoms with Gasteiger partial charge in [0.15, 0.2) is 0 Å². The van der Waals surface area contributed by atoms with Crippen molar-refractivity contribution in [2.75, 3.05) is 11.0 Å². The lowest BCUT2D eigenvalue weighted by atomic mass is 9.86. The number of hydrogen-bond acceptors (Lipinski definition) is 3. The van der Waals surface area contributed by atoms with Gasteiger partial charge in [0.25, 0.3) is 0 Å². The summed E-state index contributed by atoms with van der Waals surface area (Å²) in [5.41, 5.74) is 4.43. The molecule has 4 nitrogen and oxygen atoms in total. The van der Waals surface area contributed by atoms with Crippen LogP contribution >= 0.6 is 34.8 Å². The van der Waals surface area contributed by atoms with Crippen LogP contribution in [-0.4, -0.2) is 19.7 Å². The van der Waals surface area contributed by atoms with Crippen molar-refractivity contribution in [2.24, 2.45) is 0 Å². The van der Waals surface area contributed by atoms with E-state index in [2.05, 4.69) is 77.7 Å². The molecule has 0 radical (unpaired) electrons. The molecule has 2 rings (SSSR count). The Morgan fingerprint density at radius 2 is 1.68 bits per heavy atom. The molecule has 0 unspecified atom stereocenters. The monoisotopic (exact) mass is 530 g/mol. The Balaban J connectivity index is 1.85. The van der Waals surface area contributed by atoms with Gasteiger partial charge in [-0.25, -0.2) is 8.42 Å². The van der Waals surface area contributed by atoms with E-state index in [1.54, 1.807) is 6.07 Å². The molecule has 2 aromatic carbocycles. The van der Waals surface area contributed by atoms with E-state index in [0.717, 1.165) is 33.2 Å². The van der Waals surface area contributed by atoms with Crippen LogP contribution in [0.15, 0.2) is 42.5 Å². The van der Waals surface area contributed by atoms with E-state index < -0.39 is 10.0 Å². The number of rotatable bonds is 7. The van der Waals surface area contributed by atoms with Crippen molar-refractivity contribution in [1.82, 2.24) is 5.32 Å². The summed E-state index contributed by atoms with van der Waals surface area (Å²) < 4.78 is 26.1. The predicted octanol–water partition coefficient (Wildman–Crippen LogP) is 5.01. The first kappa shape index (κ1) is 23.1. The molecule has 0 aliphatic carbocycles. The van der Waals surface area contributed by atoms with Gasteiger partial charge in [0.1, 0.15) is 0 Å². The van der Waals surface area contributed by atoms with Crippen LogP contribution in [0.1, 0.15) is 43.9 Å². The minimum absolute atomic E-state index is 0.166. The Morgan fingerprint density at radius 3 is 2.21 bits per heavy atom. The predicted molar refractivity (Wildman–Crippen MR) is 131 cm³/mol. The van der Waals surface area contributed by atoms with E-state index in [1.807, 2.05) is 12.1 Å². The minimum Gasteiger partial charge on any atom is -0.376 e. The molecule has 0 spiro atoms. The van der Waals surface area contributed by atoms with Crippen LogP contribution in [0.2, 0.25) is 0 Å². The molecule has 0 fully saturated rings. The van der Waals surface area contributed by atoms with Gasteiger partial charge in [-0.2, -0.15) is 0 Å². The Hall–Kier alpha value is -1.19. The maximum atomic E-state index is 11.4. The summed E-state index contributed by atoms with van der Waals surface area (Å²) in [4.78, 5) is 0.827. The molecular formula is C21H27IN2O2S2. The molecule has 0 saturated carbocycles. The first-order valence-corrected chi connectivity index (χ1v) is 12.4. The summed E-state index contributed by atoms with van der Waals surface area (Å²) in [6.07, 6.45) is 2.85.